The van der Waals surface area contributed by atoms with E-state index in [0.29, 0.717) is 0 Å². The largest absolute Gasteiger partial charge is 4.00 e. The van der Waals surface area contributed by atoms with Crippen LogP contribution in [0.3, 0.4) is 0 Å². The van der Waals surface area contributed by atoms with Crippen molar-refractivity contribution in [2.45, 2.75) is 65.0 Å². The van der Waals surface area contributed by atoms with Crippen molar-refractivity contribution in [2.24, 2.45) is 0 Å². The molecule has 8 aromatic carbocycles. The van der Waals surface area contributed by atoms with Crippen LogP contribution >= 0.6 is 0 Å². The van der Waals surface area contributed by atoms with Crippen LogP contribution in [0.1, 0.15) is 52.5 Å². The van der Waals surface area contributed by atoms with Crippen molar-refractivity contribution in [1.82, 2.24) is 5.06 Å². The standard InChI is InChI=1S/C29H17.C9H18NO.C7H8.2ClH.Ti/c1-3-13-22-18(9-1)20-11-5-7-15-24(20)28-26(22)17-27-23-14-4-2-10-19(23)21-12-6-8-16-25(21)29(27)28;1-8(2)6-5-7-9(3,4)10(8)11;1-7-5-3-2-4-6-7;;;/h1-17H;5-7H2,1-4H3;2-6H,1H3;2*1H;/q2*-1;;;;+4/p-2. The Labute approximate surface area is 323 Å². The molecule has 0 aliphatic carbocycles. The zero-order valence-electron chi connectivity index (χ0n) is 29.4. The first-order valence-corrected chi connectivity index (χ1v) is 16.9. The number of hydrogen-bond donors (Lipinski definition) is 0. The van der Waals surface area contributed by atoms with Gasteiger partial charge in [-0.3, -0.25) is 0 Å². The summed E-state index contributed by atoms with van der Waals surface area (Å²) in [6.07, 6.45) is 3.23. The molecule has 0 bridgehead atoms. The van der Waals surface area contributed by atoms with Crippen LogP contribution in [0.25, 0.3) is 64.6 Å². The van der Waals surface area contributed by atoms with E-state index < -0.39 is 0 Å². The molecular weight excluding hydrogens is 689 g/mol. The number of aryl methyl sites for hydroxylation is 1. The molecule has 1 aliphatic heterocycles. The van der Waals surface area contributed by atoms with Crippen LogP contribution in [-0.4, -0.2) is 16.1 Å². The van der Waals surface area contributed by atoms with E-state index >= 15 is 0 Å². The van der Waals surface area contributed by atoms with E-state index in [2.05, 4.69) is 122 Å². The molecule has 0 radical (unpaired) electrons. The molecule has 2 nitrogen and oxygen atoms in total. The topological polar surface area (TPSA) is 26.3 Å². The van der Waals surface area contributed by atoms with Crippen molar-refractivity contribution in [2.75, 3.05) is 0 Å². The fourth-order valence-corrected chi connectivity index (χ4v) is 7.83. The summed E-state index contributed by atoms with van der Waals surface area (Å²) in [4.78, 5) is 0. The van der Waals surface area contributed by atoms with E-state index in [0.717, 1.165) is 12.8 Å². The Bertz CT molecular complexity index is 2230. The second kappa shape index (κ2) is 15.9. The first-order chi connectivity index (χ1) is 22.7. The van der Waals surface area contributed by atoms with Crippen LogP contribution in [0.2, 0.25) is 0 Å². The van der Waals surface area contributed by atoms with Crippen LogP contribution < -0.4 is 24.8 Å². The number of fused-ring (bicyclic) bond motifs is 13. The van der Waals surface area contributed by atoms with E-state index in [1.165, 1.54) is 81.7 Å². The number of nitrogens with zero attached hydrogens (tertiary/aromatic N) is 1. The second-order valence-corrected chi connectivity index (χ2v) is 14.3. The van der Waals surface area contributed by atoms with Crippen LogP contribution in [0.4, 0.5) is 0 Å². The molecule has 8 aromatic rings. The van der Waals surface area contributed by atoms with Crippen molar-refractivity contribution in [3.8, 4) is 0 Å². The predicted molar refractivity (Wildman–Crippen MR) is 205 cm³/mol. The zero-order valence-corrected chi connectivity index (χ0v) is 32.5. The van der Waals surface area contributed by atoms with Crippen molar-refractivity contribution < 1.29 is 46.5 Å². The molecular formula is C45H43Cl2NOTi. The van der Waals surface area contributed by atoms with Crippen LogP contribution in [0.15, 0.2) is 133 Å². The van der Waals surface area contributed by atoms with E-state index in [1.54, 1.807) is 0 Å². The van der Waals surface area contributed by atoms with Gasteiger partial charge in [0.1, 0.15) is 0 Å². The Hall–Kier alpha value is -3.34. The Morgan fingerprint density at radius 2 is 0.780 bits per heavy atom. The maximum atomic E-state index is 11.7. The van der Waals surface area contributed by atoms with E-state index in [9.17, 15) is 5.21 Å². The van der Waals surface area contributed by atoms with Crippen LogP contribution in [-0.2, 0) is 21.7 Å². The fraction of sp³-hybridized carbons (Fsp3) is 0.222. The number of piperidine rings is 1. The third-order valence-electron chi connectivity index (χ3n) is 10.1. The van der Waals surface area contributed by atoms with E-state index in [4.69, 9.17) is 0 Å². The summed E-state index contributed by atoms with van der Waals surface area (Å²) in [5.74, 6) is 0. The number of rotatable bonds is 0. The van der Waals surface area contributed by atoms with Crippen molar-refractivity contribution >= 4 is 64.6 Å². The molecule has 0 spiro atoms. The minimum absolute atomic E-state index is 0. The molecule has 5 heteroatoms. The smallest absolute Gasteiger partial charge is 1.00 e. The maximum absolute atomic E-state index is 11.7. The van der Waals surface area contributed by atoms with Gasteiger partial charge in [0.2, 0.25) is 0 Å². The molecule has 0 aromatic heterocycles. The summed E-state index contributed by atoms with van der Waals surface area (Å²) < 4.78 is 0. The number of benzene rings is 7. The first kappa shape index (κ1) is 39.5. The van der Waals surface area contributed by atoms with Crippen LogP contribution in [0.5, 0.6) is 0 Å². The third-order valence-corrected chi connectivity index (χ3v) is 10.1. The molecule has 0 saturated carbocycles. The van der Waals surface area contributed by atoms with Gasteiger partial charge in [-0.2, -0.15) is 0 Å². The predicted octanol–water partition coefficient (Wildman–Crippen LogP) is 6.85. The van der Waals surface area contributed by atoms with Crippen LogP contribution in [0, 0.1) is 12.1 Å². The average Bonchev–Trinajstić information content (AvgIpc) is 3.50. The Morgan fingerprint density at radius 3 is 1.10 bits per heavy atom. The molecule has 0 amide bonds. The summed E-state index contributed by atoms with van der Waals surface area (Å²) in [5, 5.41) is 29.1. The van der Waals surface area contributed by atoms with Gasteiger partial charge in [-0.05, 0) is 75.4 Å². The number of halogens is 2. The summed E-state index contributed by atoms with van der Waals surface area (Å²) in [6.45, 7) is 10.2. The molecule has 0 N–H and O–H groups in total. The maximum Gasteiger partial charge on any atom is 4.00 e. The molecule has 0 unspecified atom stereocenters. The normalized spacial score (nSPS) is 14.9. The van der Waals surface area contributed by atoms with Gasteiger partial charge in [-0.25, -0.2) is 0 Å². The molecule has 50 heavy (non-hydrogen) atoms. The van der Waals surface area contributed by atoms with Gasteiger partial charge >= 0.3 is 21.7 Å². The quantitative estimate of drug-likeness (QED) is 0.0970. The molecule has 9 rings (SSSR count). The summed E-state index contributed by atoms with van der Waals surface area (Å²) >= 11 is 0. The van der Waals surface area contributed by atoms with Gasteiger partial charge < -0.3 is 35.1 Å². The number of hydrogen-bond acceptors (Lipinski definition) is 2. The molecule has 0 atom stereocenters. The summed E-state index contributed by atoms with van der Waals surface area (Å²) in [6, 6.07) is 48.1. The Balaban J connectivity index is 0.000000224. The van der Waals surface area contributed by atoms with E-state index in [-0.39, 0.29) is 57.6 Å². The van der Waals surface area contributed by atoms with E-state index in [1.807, 2.05) is 45.9 Å². The van der Waals surface area contributed by atoms with Crippen molar-refractivity contribution in [3.05, 3.63) is 144 Å². The summed E-state index contributed by atoms with van der Waals surface area (Å²) in [5.41, 5.74) is 1.02. The average molecular weight is 733 g/mol. The first-order valence-electron chi connectivity index (χ1n) is 16.9. The zero-order chi connectivity index (χ0) is 32.8. The van der Waals surface area contributed by atoms with Gasteiger partial charge in [0.15, 0.2) is 0 Å². The minimum atomic E-state index is -0.151. The third kappa shape index (κ3) is 7.21. The van der Waals surface area contributed by atoms with Crippen molar-refractivity contribution in [3.63, 3.8) is 0 Å². The molecule has 1 fully saturated rings. The number of hydroxylamine groups is 2. The van der Waals surface area contributed by atoms with Crippen molar-refractivity contribution in [1.29, 1.82) is 0 Å². The van der Waals surface area contributed by atoms with Gasteiger partial charge in [-0.1, -0.05) is 165 Å². The fourth-order valence-electron chi connectivity index (χ4n) is 7.83. The second-order valence-electron chi connectivity index (χ2n) is 14.3. The Kier molecular flexibility index (Phi) is 12.6. The molecule has 1 saturated heterocycles. The molecule has 1 heterocycles. The summed E-state index contributed by atoms with van der Waals surface area (Å²) in [7, 11) is 0. The Morgan fingerprint density at radius 1 is 0.480 bits per heavy atom. The minimum Gasteiger partial charge on any atom is -1.00 e. The van der Waals surface area contributed by atoms with Gasteiger partial charge in [0.05, 0.1) is 0 Å². The molecule has 252 valence electrons. The monoisotopic (exact) mass is 731 g/mol. The van der Waals surface area contributed by atoms with Gasteiger partial charge in [0.25, 0.3) is 0 Å². The van der Waals surface area contributed by atoms with Gasteiger partial charge in [0, 0.05) is 11.1 Å². The SMILES string of the molecule is CC1(C)CCCC(C)(C)N1[O-].Cc1ccccc1.[Cl-].[Cl-].[Ti+4].c1ccc2c(c1)c1ccccc1c1c2[cH-]c2c3ccccc3c3ccccc3c21. The molecule has 1 aliphatic rings. The van der Waals surface area contributed by atoms with Gasteiger partial charge in [-0.15, -0.1) is 16.8 Å².